The summed E-state index contributed by atoms with van der Waals surface area (Å²) in [6.45, 7) is 1.67. The van der Waals surface area contributed by atoms with Gasteiger partial charge in [0.1, 0.15) is 36.1 Å². The molecule has 1 fully saturated rings. The molecular formula is C24H29N7O4. The van der Waals surface area contributed by atoms with Gasteiger partial charge in [0.2, 0.25) is 0 Å². The van der Waals surface area contributed by atoms with Gasteiger partial charge in [0.25, 0.3) is 0 Å². The molecule has 0 spiro atoms. The molecule has 1 saturated heterocycles. The van der Waals surface area contributed by atoms with E-state index >= 15 is 0 Å². The highest BCUT2D eigenvalue weighted by atomic mass is 16.6. The van der Waals surface area contributed by atoms with Gasteiger partial charge in [0.05, 0.1) is 12.6 Å². The lowest BCUT2D eigenvalue weighted by atomic mass is 10.1. The monoisotopic (exact) mass is 479 g/mol. The molecule has 0 radical (unpaired) electrons. The summed E-state index contributed by atoms with van der Waals surface area (Å²) in [5.41, 5.74) is 13.9. The van der Waals surface area contributed by atoms with Crippen LogP contribution in [0.25, 0.3) is 21.8 Å². The predicted octanol–water partition coefficient (Wildman–Crippen LogP) is 0.906. The van der Waals surface area contributed by atoms with Crippen LogP contribution in [0.5, 0.6) is 5.75 Å². The number of benzene rings is 2. The Balaban J connectivity index is 1.24. The van der Waals surface area contributed by atoms with Crippen LogP contribution in [0, 0.1) is 0 Å². The Labute approximate surface area is 201 Å². The minimum absolute atomic E-state index is 0.122. The van der Waals surface area contributed by atoms with Crippen LogP contribution < -0.4 is 26.8 Å². The van der Waals surface area contributed by atoms with Crippen LogP contribution in [0.15, 0.2) is 48.8 Å². The molecule has 5 rings (SSSR count). The molecule has 0 aliphatic carbocycles. The van der Waals surface area contributed by atoms with Crippen molar-refractivity contribution in [1.29, 1.82) is 0 Å². The van der Waals surface area contributed by atoms with Crippen LogP contribution >= 0.6 is 0 Å². The van der Waals surface area contributed by atoms with Crippen LogP contribution in [-0.2, 0) is 11.3 Å². The van der Waals surface area contributed by atoms with Crippen LogP contribution in [0.3, 0.4) is 0 Å². The quantitative estimate of drug-likeness (QED) is 0.200. The molecule has 8 N–H and O–H groups in total. The number of hydrogen-bond acceptors (Lipinski definition) is 10. The molecule has 2 aromatic carbocycles. The number of hydrogen-bond donors (Lipinski definition) is 6. The maximum absolute atomic E-state index is 10.5. The van der Waals surface area contributed by atoms with Gasteiger partial charge in [0.15, 0.2) is 17.9 Å². The smallest absolute Gasteiger partial charge is 0.158 e. The van der Waals surface area contributed by atoms with Gasteiger partial charge in [0, 0.05) is 35.9 Å². The maximum Gasteiger partial charge on any atom is 0.158 e. The van der Waals surface area contributed by atoms with Gasteiger partial charge >= 0.3 is 0 Å². The number of nitrogens with two attached hydrogens (primary N) is 2. The molecule has 11 heteroatoms. The Morgan fingerprint density at radius 2 is 1.86 bits per heavy atom. The Morgan fingerprint density at radius 1 is 1.06 bits per heavy atom. The van der Waals surface area contributed by atoms with E-state index in [-0.39, 0.29) is 17.3 Å². The van der Waals surface area contributed by atoms with Crippen LogP contribution in [0.4, 0.5) is 17.3 Å². The standard InChI is InChI=1S/C24H29N7O4/c1-34-16-8-4-7-15-18(16)13-5-2-3-6-14(13)31(15)10-9-27-11-17-20(32)21(33)24(35-17)30-23-19(25)22(26)28-12-29-23/h2-8,12,17,20-21,24,27,32-33H,9-11,25H2,1H3,(H3,26,28,29,30). The number of aromatic nitrogens is 3. The number of aliphatic hydroxyl groups is 2. The van der Waals surface area contributed by atoms with Crippen molar-refractivity contribution < 1.29 is 19.7 Å². The minimum Gasteiger partial charge on any atom is -0.496 e. The lowest BCUT2D eigenvalue weighted by molar-refractivity contribution is 0.0194. The fourth-order valence-electron chi connectivity index (χ4n) is 4.61. The van der Waals surface area contributed by atoms with E-state index in [0.717, 1.165) is 27.6 Å². The molecule has 4 atom stereocenters. The summed E-state index contributed by atoms with van der Waals surface area (Å²) in [6, 6.07) is 14.3. The lowest BCUT2D eigenvalue weighted by Gasteiger charge is -2.18. The highest BCUT2D eigenvalue weighted by Gasteiger charge is 2.42. The van der Waals surface area contributed by atoms with Gasteiger partial charge in [-0.1, -0.05) is 24.3 Å². The van der Waals surface area contributed by atoms with E-state index < -0.39 is 24.5 Å². The average molecular weight is 480 g/mol. The van der Waals surface area contributed by atoms with Crippen molar-refractivity contribution in [3.63, 3.8) is 0 Å². The lowest BCUT2D eigenvalue weighted by Crippen LogP contribution is -2.39. The van der Waals surface area contributed by atoms with Crippen molar-refractivity contribution in [1.82, 2.24) is 19.9 Å². The van der Waals surface area contributed by atoms with Crippen molar-refractivity contribution in [3.8, 4) is 5.75 Å². The van der Waals surface area contributed by atoms with Gasteiger partial charge in [-0.2, -0.15) is 0 Å². The zero-order chi connectivity index (χ0) is 24.5. The number of fused-ring (bicyclic) bond motifs is 3. The second-order valence-electron chi connectivity index (χ2n) is 8.47. The van der Waals surface area contributed by atoms with E-state index in [1.807, 2.05) is 24.3 Å². The highest BCUT2D eigenvalue weighted by molar-refractivity contribution is 6.11. The molecule has 1 aliphatic heterocycles. The number of nitrogens with one attached hydrogen (secondary N) is 2. The molecule has 3 heterocycles. The number of rotatable bonds is 8. The normalized spacial score (nSPS) is 22.1. The largest absolute Gasteiger partial charge is 0.496 e. The molecule has 4 unspecified atom stereocenters. The number of nitrogen functional groups attached to an aromatic ring is 2. The van der Waals surface area contributed by atoms with Crippen molar-refractivity contribution in [2.24, 2.45) is 0 Å². The number of para-hydroxylation sites is 1. The SMILES string of the molecule is COc1cccc2c1c1ccccc1n2CCNCC1OC(Nc2ncnc(N)c2N)C(O)C1O. The molecular weight excluding hydrogens is 450 g/mol. The van der Waals surface area contributed by atoms with E-state index in [1.54, 1.807) is 7.11 Å². The zero-order valence-corrected chi connectivity index (χ0v) is 19.3. The van der Waals surface area contributed by atoms with E-state index in [4.69, 9.17) is 20.9 Å². The summed E-state index contributed by atoms with van der Waals surface area (Å²) in [7, 11) is 1.68. The van der Waals surface area contributed by atoms with E-state index in [1.165, 1.54) is 6.33 Å². The third kappa shape index (κ3) is 4.19. The fraction of sp³-hybridized carbons (Fsp3) is 0.333. The molecule has 1 aliphatic rings. The maximum atomic E-state index is 10.5. The molecule has 0 amide bonds. The first kappa shape index (κ1) is 23.1. The van der Waals surface area contributed by atoms with Crippen molar-refractivity contribution in [2.45, 2.75) is 31.1 Å². The van der Waals surface area contributed by atoms with Gasteiger partial charge in [-0.25, -0.2) is 9.97 Å². The summed E-state index contributed by atoms with van der Waals surface area (Å²) in [5.74, 6) is 1.20. The third-order valence-corrected chi connectivity index (χ3v) is 6.39. The van der Waals surface area contributed by atoms with E-state index in [2.05, 4.69) is 43.4 Å². The van der Waals surface area contributed by atoms with Gasteiger partial charge in [-0.3, -0.25) is 0 Å². The third-order valence-electron chi connectivity index (χ3n) is 6.39. The predicted molar refractivity (Wildman–Crippen MR) is 134 cm³/mol. The Kier molecular flexibility index (Phi) is 6.31. The molecule has 0 saturated carbocycles. The van der Waals surface area contributed by atoms with E-state index in [0.29, 0.717) is 19.6 Å². The first-order chi connectivity index (χ1) is 17.0. The van der Waals surface area contributed by atoms with Crippen LogP contribution in [-0.4, -0.2) is 69.5 Å². The second kappa shape index (κ2) is 9.55. The zero-order valence-electron chi connectivity index (χ0n) is 19.3. The average Bonchev–Trinajstić information content (AvgIpc) is 3.34. The molecule has 0 bridgehead atoms. The first-order valence-electron chi connectivity index (χ1n) is 11.4. The second-order valence-corrected chi connectivity index (χ2v) is 8.47. The number of nitrogens with zero attached hydrogens (tertiary/aromatic N) is 3. The summed E-state index contributed by atoms with van der Waals surface area (Å²) in [6.07, 6.45) is -2.51. The van der Waals surface area contributed by atoms with E-state index in [9.17, 15) is 10.2 Å². The summed E-state index contributed by atoms with van der Waals surface area (Å²) < 4.78 is 13.7. The van der Waals surface area contributed by atoms with Crippen molar-refractivity contribution in [3.05, 3.63) is 48.8 Å². The minimum atomic E-state index is -1.16. The van der Waals surface area contributed by atoms with Gasteiger partial charge in [-0.15, -0.1) is 0 Å². The Bertz CT molecular complexity index is 1340. The van der Waals surface area contributed by atoms with Gasteiger partial charge in [-0.05, 0) is 18.2 Å². The highest BCUT2D eigenvalue weighted by Crippen LogP contribution is 2.35. The number of anilines is 3. The summed E-state index contributed by atoms with van der Waals surface area (Å²) in [4.78, 5) is 7.84. The van der Waals surface area contributed by atoms with Crippen LogP contribution in [0.2, 0.25) is 0 Å². The molecule has 35 heavy (non-hydrogen) atoms. The molecule has 184 valence electrons. The number of methoxy groups -OCH3 is 1. The van der Waals surface area contributed by atoms with Crippen LogP contribution in [0.1, 0.15) is 0 Å². The topological polar surface area (TPSA) is 166 Å². The van der Waals surface area contributed by atoms with Gasteiger partial charge < -0.3 is 46.4 Å². The Hall–Kier alpha value is -3.64. The van der Waals surface area contributed by atoms with Crippen molar-refractivity contribution in [2.75, 3.05) is 37.0 Å². The summed E-state index contributed by atoms with van der Waals surface area (Å²) >= 11 is 0. The molecule has 11 nitrogen and oxygen atoms in total. The molecule has 4 aromatic rings. The van der Waals surface area contributed by atoms with Crippen molar-refractivity contribution >= 4 is 39.1 Å². The first-order valence-corrected chi connectivity index (χ1v) is 11.4. The number of aliphatic hydroxyl groups excluding tert-OH is 2. The fourth-order valence-corrected chi connectivity index (χ4v) is 4.61. The molecule has 2 aromatic heterocycles. The number of ether oxygens (including phenoxy) is 2. The Morgan fingerprint density at radius 3 is 2.69 bits per heavy atom. The summed E-state index contributed by atoms with van der Waals surface area (Å²) in [5, 5.41) is 29.4.